The molecule has 0 spiro atoms. The zero-order valence-electron chi connectivity index (χ0n) is 24.7. The predicted molar refractivity (Wildman–Crippen MR) is 143 cm³/mol. The topological polar surface area (TPSA) is 162 Å². The molecule has 0 N–H and O–H groups in total. The molecule has 1 unspecified atom stereocenters. The predicted octanol–water partition coefficient (Wildman–Crippen LogP) is 3.59. The zero-order valence-corrected chi connectivity index (χ0v) is 25.5. The van der Waals surface area contributed by atoms with Gasteiger partial charge in [-0.2, -0.15) is 8.78 Å². The third-order valence-electron chi connectivity index (χ3n) is 11.7. The van der Waals surface area contributed by atoms with Gasteiger partial charge in [0, 0.05) is 17.8 Å². The highest BCUT2D eigenvalue weighted by Crippen LogP contribution is 2.69. The number of ether oxygens (including phenoxy) is 4. The van der Waals surface area contributed by atoms with Crippen LogP contribution in [0.3, 0.4) is 0 Å². The lowest BCUT2D eigenvalue weighted by atomic mass is 9.43. The molecule has 11 nitrogen and oxygen atoms in total. The number of halogens is 2. The van der Waals surface area contributed by atoms with Gasteiger partial charge in [-0.3, -0.25) is 19.2 Å². The quantitative estimate of drug-likeness (QED) is 0.126. The van der Waals surface area contributed by atoms with Gasteiger partial charge in [-0.1, -0.05) is 20.8 Å². The molecule has 0 aromatic carbocycles. The summed E-state index contributed by atoms with van der Waals surface area (Å²) in [6.07, 6.45) is 3.90. The lowest BCUT2D eigenvalue weighted by molar-refractivity contribution is -0.218. The molecule has 0 radical (unpaired) electrons. The summed E-state index contributed by atoms with van der Waals surface area (Å²) in [6, 6.07) is 0. The maximum atomic E-state index is 13.4. The van der Waals surface area contributed by atoms with Crippen LogP contribution in [0.15, 0.2) is 0 Å². The molecule has 0 aromatic rings. The van der Waals surface area contributed by atoms with E-state index in [2.05, 4.69) is 18.6 Å². The molecule has 4 saturated carbocycles. The van der Waals surface area contributed by atoms with Crippen LogP contribution in [0, 0.1) is 46.3 Å². The van der Waals surface area contributed by atoms with Gasteiger partial charge in [-0.05, 0) is 86.4 Å². The average Bonchev–Trinajstić information content (AvgIpc) is 3.29. The first-order valence-corrected chi connectivity index (χ1v) is 16.3. The van der Waals surface area contributed by atoms with Crippen LogP contribution in [0.4, 0.5) is 8.78 Å². The highest BCUT2D eigenvalue weighted by molar-refractivity contribution is 7.86. The second-order valence-corrected chi connectivity index (χ2v) is 14.9. The number of carbonyl (C=O) groups excluding carboxylic acids is 4. The van der Waals surface area contributed by atoms with Crippen LogP contribution in [-0.4, -0.2) is 68.5 Å². The smallest absolute Gasteiger partial charge is 0.367 e. The third-order valence-corrected chi connectivity index (χ3v) is 12.6. The molecule has 14 heteroatoms. The van der Waals surface area contributed by atoms with Crippen molar-refractivity contribution in [1.29, 1.82) is 0 Å². The molecule has 0 bridgehead atoms. The van der Waals surface area contributed by atoms with Gasteiger partial charge >= 0.3 is 11.2 Å². The van der Waals surface area contributed by atoms with E-state index < -0.39 is 39.5 Å². The second-order valence-electron chi connectivity index (χ2n) is 13.4. The van der Waals surface area contributed by atoms with Gasteiger partial charge in [0.1, 0.15) is 18.3 Å². The molecule has 0 saturated heterocycles. The molecule has 4 aliphatic rings. The zero-order chi connectivity index (χ0) is 31.8. The van der Waals surface area contributed by atoms with Crippen LogP contribution in [0.25, 0.3) is 0 Å². The fourth-order valence-electron chi connectivity index (χ4n) is 9.60. The molecule has 4 fully saturated rings. The van der Waals surface area contributed by atoms with Crippen LogP contribution in [0.2, 0.25) is 0 Å². The van der Waals surface area contributed by atoms with Crippen molar-refractivity contribution in [2.45, 2.75) is 102 Å². The highest BCUT2D eigenvalue weighted by Gasteiger charge is 2.67. The minimum atomic E-state index is -5.97. The Labute approximate surface area is 250 Å². The van der Waals surface area contributed by atoms with Crippen molar-refractivity contribution in [1.82, 2.24) is 0 Å². The largest absolute Gasteiger partial charge is 0.743 e. The molecule has 0 aromatic heterocycles. The van der Waals surface area contributed by atoms with E-state index in [1.54, 1.807) is 0 Å². The fraction of sp³-hybridized carbons (Fsp3) is 0.862. The Morgan fingerprint density at radius 2 is 1.67 bits per heavy atom. The van der Waals surface area contributed by atoms with Crippen molar-refractivity contribution in [3.8, 4) is 0 Å². The molecule has 4 aliphatic carbocycles. The first-order valence-electron chi connectivity index (χ1n) is 14.9. The lowest BCUT2D eigenvalue weighted by Crippen LogP contribution is -2.63. The fourth-order valence-corrected chi connectivity index (χ4v) is 9.81. The second kappa shape index (κ2) is 12.6. The van der Waals surface area contributed by atoms with Crippen molar-refractivity contribution < 1.29 is 59.9 Å². The molecule has 0 aliphatic heterocycles. The third kappa shape index (κ3) is 6.14. The lowest BCUT2D eigenvalue weighted by Gasteiger charge is -2.64. The Bertz CT molecular complexity index is 1170. The molecule has 0 heterocycles. The van der Waals surface area contributed by atoms with Gasteiger partial charge in [0.15, 0.2) is 16.7 Å². The summed E-state index contributed by atoms with van der Waals surface area (Å²) in [5, 5.41) is -4.71. The van der Waals surface area contributed by atoms with E-state index in [9.17, 15) is 40.9 Å². The number of carbonyl (C=O) groups is 4. The van der Waals surface area contributed by atoms with Crippen molar-refractivity contribution in [2.75, 3.05) is 6.61 Å². The standard InChI is InChI=1S/C29H42F2O11S/c1-17(4-7-25(35)39-13-29(30,31)43(36,37)38)20-5-6-21-26-22(12-24(42-16-34)28(20,21)3)27(2)9-8-19(40-14-32)10-18(27)11-23(26)41-15-33/h14-24,26H,4-13H2,1-3H3,(H,36,37,38)/p-1/t17?,18-,19+,20+,21-,22-,23+,24-,26-,27-,28+/m0/s1. The summed E-state index contributed by atoms with van der Waals surface area (Å²) < 4.78 is 80.2. The van der Waals surface area contributed by atoms with Crippen LogP contribution in [0.5, 0.6) is 0 Å². The van der Waals surface area contributed by atoms with Crippen LogP contribution < -0.4 is 0 Å². The number of hydrogen-bond donors (Lipinski definition) is 0. The molecule has 43 heavy (non-hydrogen) atoms. The maximum absolute atomic E-state index is 13.4. The molecular weight excluding hydrogens is 594 g/mol. The van der Waals surface area contributed by atoms with Crippen molar-refractivity contribution in [3.63, 3.8) is 0 Å². The van der Waals surface area contributed by atoms with E-state index in [0.29, 0.717) is 38.7 Å². The Morgan fingerprint density at radius 1 is 1.00 bits per heavy atom. The van der Waals surface area contributed by atoms with Gasteiger partial charge in [-0.15, -0.1) is 0 Å². The summed E-state index contributed by atoms with van der Waals surface area (Å²) >= 11 is 0. The van der Waals surface area contributed by atoms with E-state index in [0.717, 1.165) is 25.7 Å². The maximum Gasteiger partial charge on any atom is 0.367 e. The molecule has 4 rings (SSSR count). The van der Waals surface area contributed by atoms with Crippen molar-refractivity contribution >= 4 is 35.5 Å². The molecule has 11 atom stereocenters. The van der Waals surface area contributed by atoms with Crippen LogP contribution in [0.1, 0.15) is 78.6 Å². The van der Waals surface area contributed by atoms with E-state index in [4.69, 9.17) is 14.2 Å². The SMILES string of the molecule is CC(CCC(=O)OCC(F)(F)S(=O)(=O)[O-])[C@H]1CC[C@H]2[C@@H]3[C@H](OC=O)C[C@@H]4C[C@H](OC=O)CC[C@]4(C)[C@H]3C[C@H](OC=O)[C@]12C. The summed E-state index contributed by atoms with van der Waals surface area (Å²) in [7, 11) is -5.97. The molecule has 0 amide bonds. The van der Waals surface area contributed by atoms with E-state index in [1.165, 1.54) is 0 Å². The number of alkyl halides is 2. The number of fused-ring (bicyclic) bond motifs is 5. The molecular formula is C29H41F2O11S-. The van der Waals surface area contributed by atoms with Crippen molar-refractivity contribution in [2.24, 2.45) is 46.3 Å². The average molecular weight is 636 g/mol. The normalized spacial score (nSPS) is 39.7. The molecule has 244 valence electrons. The Morgan fingerprint density at radius 3 is 2.30 bits per heavy atom. The summed E-state index contributed by atoms with van der Waals surface area (Å²) in [5.41, 5.74) is -0.671. The number of esters is 1. The van der Waals surface area contributed by atoms with Crippen LogP contribution >= 0.6 is 0 Å². The van der Waals surface area contributed by atoms with E-state index >= 15 is 0 Å². The first-order chi connectivity index (χ1) is 20.1. The van der Waals surface area contributed by atoms with Gasteiger partial charge in [0.25, 0.3) is 19.4 Å². The Balaban J connectivity index is 1.54. The minimum Gasteiger partial charge on any atom is -0.743 e. The number of hydrogen-bond acceptors (Lipinski definition) is 11. The minimum absolute atomic E-state index is 0.00456. The van der Waals surface area contributed by atoms with Gasteiger partial charge < -0.3 is 23.5 Å². The van der Waals surface area contributed by atoms with E-state index in [1.807, 2.05) is 6.92 Å². The van der Waals surface area contributed by atoms with Gasteiger partial charge in [0.2, 0.25) is 0 Å². The van der Waals surface area contributed by atoms with Gasteiger partial charge in [0.05, 0.1) is 0 Å². The Hall–Kier alpha value is -2.35. The first kappa shape index (κ1) is 33.5. The van der Waals surface area contributed by atoms with Crippen LogP contribution in [-0.2, 0) is 48.2 Å². The Kier molecular flexibility index (Phi) is 9.80. The highest BCUT2D eigenvalue weighted by atomic mass is 32.2. The van der Waals surface area contributed by atoms with Crippen molar-refractivity contribution in [3.05, 3.63) is 0 Å². The van der Waals surface area contributed by atoms with E-state index in [-0.39, 0.29) is 66.0 Å². The summed E-state index contributed by atoms with van der Waals surface area (Å²) in [6.45, 7) is 5.84. The summed E-state index contributed by atoms with van der Waals surface area (Å²) in [5.74, 6) is -0.941. The number of rotatable bonds is 13. The summed E-state index contributed by atoms with van der Waals surface area (Å²) in [4.78, 5) is 46.7. The monoisotopic (exact) mass is 635 g/mol. The van der Waals surface area contributed by atoms with Gasteiger partial charge in [-0.25, -0.2) is 8.42 Å².